The standard InChI is InChI=1S/C14H25N5/c1-3-19(4-2)13-11-15-18-14(17-13)16-12-9-7-5-6-8-10-12/h11-12H,3-10H2,1-2H3,(H,16,17,18). The molecule has 1 aromatic rings. The van der Waals surface area contributed by atoms with E-state index in [1.54, 1.807) is 6.20 Å². The molecule has 1 aliphatic rings. The molecule has 0 amide bonds. The molecule has 0 saturated heterocycles. The molecule has 1 saturated carbocycles. The highest BCUT2D eigenvalue weighted by molar-refractivity contribution is 5.40. The molecule has 1 aliphatic carbocycles. The van der Waals surface area contributed by atoms with E-state index in [1.807, 2.05) is 0 Å². The number of anilines is 2. The third-order valence-corrected chi connectivity index (χ3v) is 3.82. The molecule has 1 fully saturated rings. The molecule has 19 heavy (non-hydrogen) atoms. The fourth-order valence-corrected chi connectivity index (χ4v) is 2.66. The zero-order chi connectivity index (χ0) is 13.5. The zero-order valence-corrected chi connectivity index (χ0v) is 12.1. The van der Waals surface area contributed by atoms with Crippen molar-refractivity contribution in [2.45, 2.75) is 58.4 Å². The highest BCUT2D eigenvalue weighted by Crippen LogP contribution is 2.20. The van der Waals surface area contributed by atoms with Crippen molar-refractivity contribution in [1.29, 1.82) is 0 Å². The van der Waals surface area contributed by atoms with E-state index >= 15 is 0 Å². The van der Waals surface area contributed by atoms with Crippen LogP contribution in [0.3, 0.4) is 0 Å². The molecule has 0 aliphatic heterocycles. The lowest BCUT2D eigenvalue weighted by atomic mass is 10.1. The van der Waals surface area contributed by atoms with Gasteiger partial charge >= 0.3 is 0 Å². The van der Waals surface area contributed by atoms with Crippen LogP contribution in [0.4, 0.5) is 11.8 Å². The van der Waals surface area contributed by atoms with Crippen molar-refractivity contribution < 1.29 is 0 Å². The Balaban J connectivity index is 2.01. The van der Waals surface area contributed by atoms with E-state index in [0.29, 0.717) is 12.0 Å². The summed E-state index contributed by atoms with van der Waals surface area (Å²) in [5.41, 5.74) is 0. The molecule has 0 unspecified atom stereocenters. The lowest BCUT2D eigenvalue weighted by molar-refractivity contribution is 0.612. The molecular weight excluding hydrogens is 238 g/mol. The maximum absolute atomic E-state index is 4.58. The largest absolute Gasteiger partial charge is 0.356 e. The fraction of sp³-hybridized carbons (Fsp3) is 0.786. The van der Waals surface area contributed by atoms with Gasteiger partial charge in [0.05, 0.1) is 6.20 Å². The normalized spacial score (nSPS) is 16.9. The number of hydrogen-bond donors (Lipinski definition) is 1. The molecule has 1 N–H and O–H groups in total. The molecule has 0 atom stereocenters. The Morgan fingerprint density at radius 1 is 1.16 bits per heavy atom. The van der Waals surface area contributed by atoms with Crippen LogP contribution in [-0.2, 0) is 0 Å². The van der Waals surface area contributed by atoms with E-state index < -0.39 is 0 Å². The van der Waals surface area contributed by atoms with Gasteiger partial charge in [0.15, 0.2) is 5.82 Å². The fourth-order valence-electron chi connectivity index (χ4n) is 2.66. The van der Waals surface area contributed by atoms with Crippen LogP contribution in [0.25, 0.3) is 0 Å². The minimum atomic E-state index is 0.510. The molecule has 5 heteroatoms. The van der Waals surface area contributed by atoms with Crippen molar-refractivity contribution in [2.24, 2.45) is 0 Å². The van der Waals surface area contributed by atoms with Crippen molar-refractivity contribution in [3.05, 3.63) is 6.20 Å². The summed E-state index contributed by atoms with van der Waals surface area (Å²) in [6, 6.07) is 0.510. The van der Waals surface area contributed by atoms with Crippen LogP contribution < -0.4 is 10.2 Å². The summed E-state index contributed by atoms with van der Waals surface area (Å²) in [7, 11) is 0. The summed E-state index contributed by atoms with van der Waals surface area (Å²) in [5.74, 6) is 1.59. The Morgan fingerprint density at radius 2 is 1.84 bits per heavy atom. The third-order valence-electron chi connectivity index (χ3n) is 3.82. The van der Waals surface area contributed by atoms with Gasteiger partial charge in [-0.3, -0.25) is 0 Å². The van der Waals surface area contributed by atoms with Gasteiger partial charge in [-0.15, -0.1) is 5.10 Å². The smallest absolute Gasteiger partial charge is 0.244 e. The molecule has 106 valence electrons. The molecular formula is C14H25N5. The summed E-state index contributed by atoms with van der Waals surface area (Å²) in [6.45, 7) is 6.14. The minimum Gasteiger partial charge on any atom is -0.356 e. The molecule has 0 radical (unpaired) electrons. The first kappa shape index (κ1) is 14.0. The van der Waals surface area contributed by atoms with E-state index in [-0.39, 0.29) is 0 Å². The van der Waals surface area contributed by atoms with Gasteiger partial charge in [0, 0.05) is 19.1 Å². The van der Waals surface area contributed by atoms with Gasteiger partial charge in [-0.2, -0.15) is 10.1 Å². The lowest BCUT2D eigenvalue weighted by Gasteiger charge is -2.20. The van der Waals surface area contributed by atoms with Crippen molar-refractivity contribution in [3.8, 4) is 0 Å². The van der Waals surface area contributed by atoms with E-state index in [9.17, 15) is 0 Å². The van der Waals surface area contributed by atoms with Gasteiger partial charge in [-0.05, 0) is 26.7 Å². The quantitative estimate of drug-likeness (QED) is 0.828. The summed E-state index contributed by atoms with van der Waals surface area (Å²) in [6.07, 6.45) is 9.51. The Labute approximate surface area is 115 Å². The molecule has 0 bridgehead atoms. The second-order valence-electron chi connectivity index (χ2n) is 5.14. The highest BCUT2D eigenvalue weighted by Gasteiger charge is 2.14. The summed E-state index contributed by atoms with van der Waals surface area (Å²) in [5, 5.41) is 11.6. The Kier molecular flexibility index (Phi) is 5.36. The highest BCUT2D eigenvalue weighted by atomic mass is 15.3. The van der Waals surface area contributed by atoms with Crippen molar-refractivity contribution in [3.63, 3.8) is 0 Å². The number of hydrogen-bond acceptors (Lipinski definition) is 5. The van der Waals surface area contributed by atoms with E-state index in [2.05, 4.69) is 39.2 Å². The van der Waals surface area contributed by atoms with Gasteiger partial charge in [-0.25, -0.2) is 0 Å². The maximum atomic E-state index is 4.58. The Hall–Kier alpha value is -1.39. The average Bonchev–Trinajstić information content (AvgIpc) is 2.69. The Morgan fingerprint density at radius 3 is 2.47 bits per heavy atom. The summed E-state index contributed by atoms with van der Waals surface area (Å²) >= 11 is 0. The van der Waals surface area contributed by atoms with E-state index in [4.69, 9.17) is 0 Å². The van der Waals surface area contributed by atoms with Gasteiger partial charge in [0.2, 0.25) is 5.95 Å². The van der Waals surface area contributed by atoms with Gasteiger partial charge in [-0.1, -0.05) is 25.7 Å². The number of aromatic nitrogens is 3. The SMILES string of the molecule is CCN(CC)c1cnnc(NC2CCCCCC2)n1. The predicted octanol–water partition coefficient (Wildman–Crippen LogP) is 2.85. The average molecular weight is 263 g/mol. The first-order valence-electron chi connectivity index (χ1n) is 7.54. The Bertz CT molecular complexity index is 370. The second kappa shape index (κ2) is 7.26. The minimum absolute atomic E-state index is 0.510. The molecule has 1 aromatic heterocycles. The first-order chi connectivity index (χ1) is 9.33. The summed E-state index contributed by atoms with van der Waals surface area (Å²) in [4.78, 5) is 6.77. The second-order valence-corrected chi connectivity index (χ2v) is 5.14. The molecule has 5 nitrogen and oxygen atoms in total. The van der Waals surface area contributed by atoms with Crippen molar-refractivity contribution >= 4 is 11.8 Å². The third kappa shape index (κ3) is 4.04. The van der Waals surface area contributed by atoms with Crippen LogP contribution in [0.5, 0.6) is 0 Å². The van der Waals surface area contributed by atoms with Crippen LogP contribution in [0, 0.1) is 0 Å². The number of nitrogens with one attached hydrogen (secondary N) is 1. The summed E-state index contributed by atoms with van der Waals surface area (Å²) < 4.78 is 0. The van der Waals surface area contributed by atoms with Gasteiger partial charge < -0.3 is 10.2 Å². The predicted molar refractivity (Wildman–Crippen MR) is 78.5 cm³/mol. The molecule has 0 aromatic carbocycles. The molecule has 1 heterocycles. The monoisotopic (exact) mass is 263 g/mol. The molecule has 2 rings (SSSR count). The van der Waals surface area contributed by atoms with E-state index in [1.165, 1.54) is 38.5 Å². The van der Waals surface area contributed by atoms with Gasteiger partial charge in [0.25, 0.3) is 0 Å². The van der Waals surface area contributed by atoms with Crippen LogP contribution in [-0.4, -0.2) is 34.3 Å². The van der Waals surface area contributed by atoms with Crippen LogP contribution in [0.15, 0.2) is 6.20 Å². The zero-order valence-electron chi connectivity index (χ0n) is 12.1. The van der Waals surface area contributed by atoms with Gasteiger partial charge in [0.1, 0.15) is 0 Å². The topological polar surface area (TPSA) is 53.9 Å². The van der Waals surface area contributed by atoms with Crippen LogP contribution in [0.2, 0.25) is 0 Å². The van der Waals surface area contributed by atoms with E-state index in [0.717, 1.165) is 18.9 Å². The van der Waals surface area contributed by atoms with Crippen molar-refractivity contribution in [1.82, 2.24) is 15.2 Å². The van der Waals surface area contributed by atoms with Crippen LogP contribution in [0.1, 0.15) is 52.4 Å². The first-order valence-corrected chi connectivity index (χ1v) is 7.54. The maximum Gasteiger partial charge on any atom is 0.244 e. The van der Waals surface area contributed by atoms with Crippen molar-refractivity contribution in [2.75, 3.05) is 23.3 Å². The number of rotatable bonds is 5. The number of nitrogens with zero attached hydrogens (tertiary/aromatic N) is 4. The van der Waals surface area contributed by atoms with Crippen LogP contribution >= 0.6 is 0 Å². The lowest BCUT2D eigenvalue weighted by Crippen LogP contribution is -2.25. The molecule has 0 spiro atoms.